The van der Waals surface area contributed by atoms with Crippen LogP contribution in [0.4, 0.5) is 4.39 Å². The van der Waals surface area contributed by atoms with Crippen molar-refractivity contribution in [3.63, 3.8) is 0 Å². The Balaban J connectivity index is 1.56. The van der Waals surface area contributed by atoms with Gasteiger partial charge in [0.25, 0.3) is 0 Å². The number of hydrogen-bond donors (Lipinski definition) is 1. The molecule has 0 atom stereocenters. The van der Waals surface area contributed by atoms with Gasteiger partial charge in [0.15, 0.2) is 11.5 Å². The average molecular weight is 434 g/mol. The van der Waals surface area contributed by atoms with E-state index in [1.807, 2.05) is 6.07 Å². The van der Waals surface area contributed by atoms with Gasteiger partial charge in [-0.2, -0.15) is 0 Å². The molecule has 0 bridgehead atoms. The molecule has 1 heterocycles. The van der Waals surface area contributed by atoms with Crippen molar-refractivity contribution in [2.75, 3.05) is 13.7 Å². The van der Waals surface area contributed by atoms with Crippen molar-refractivity contribution < 1.29 is 23.4 Å². The van der Waals surface area contributed by atoms with Gasteiger partial charge in [-0.3, -0.25) is 4.79 Å². The number of methoxy groups -OCH3 is 1. The zero-order valence-corrected chi connectivity index (χ0v) is 17.6. The monoisotopic (exact) mass is 434 g/mol. The molecule has 0 aliphatic rings. The topological polar surface area (TPSA) is 69.7 Å². The first-order valence-corrected chi connectivity index (χ1v) is 9.83. The van der Waals surface area contributed by atoms with Gasteiger partial charge in [0.1, 0.15) is 18.2 Å². The van der Waals surface area contributed by atoms with Crippen molar-refractivity contribution in [1.82, 2.24) is 10.3 Å². The highest BCUT2D eigenvalue weighted by atomic mass is 19.1. The molecule has 0 spiro atoms. The van der Waals surface area contributed by atoms with E-state index in [0.717, 1.165) is 11.1 Å². The van der Waals surface area contributed by atoms with E-state index >= 15 is 0 Å². The lowest BCUT2D eigenvalue weighted by Gasteiger charge is -2.09. The third kappa shape index (κ3) is 6.70. The smallest absolute Gasteiger partial charge is 0.244 e. The Hall–Kier alpha value is -4.13. The number of nitrogens with zero attached hydrogens (tertiary/aromatic N) is 1. The number of benzene rings is 2. The Morgan fingerprint density at radius 3 is 2.69 bits per heavy atom. The lowest BCUT2D eigenvalue weighted by molar-refractivity contribution is -0.116. The molecule has 1 aromatic heterocycles. The van der Waals surface area contributed by atoms with Crippen LogP contribution < -0.4 is 19.5 Å². The third-order valence-corrected chi connectivity index (χ3v) is 4.27. The summed E-state index contributed by atoms with van der Waals surface area (Å²) in [7, 11) is 1.55. The number of rotatable bonds is 10. The molecule has 0 saturated heterocycles. The minimum Gasteiger partial charge on any atom is -0.493 e. The molecule has 0 unspecified atom stereocenters. The minimum atomic E-state index is -0.342. The number of pyridine rings is 1. The summed E-state index contributed by atoms with van der Waals surface area (Å²) in [6.45, 7) is 4.29. The fraction of sp³-hybridized carbons (Fsp3) is 0.120. The van der Waals surface area contributed by atoms with Gasteiger partial charge in [-0.1, -0.05) is 18.7 Å². The van der Waals surface area contributed by atoms with E-state index in [-0.39, 0.29) is 11.7 Å². The van der Waals surface area contributed by atoms with E-state index in [0.29, 0.717) is 36.3 Å². The summed E-state index contributed by atoms with van der Waals surface area (Å²) in [6, 6.07) is 14.5. The normalized spacial score (nSPS) is 10.6. The first-order valence-electron chi connectivity index (χ1n) is 9.83. The predicted molar refractivity (Wildman–Crippen MR) is 120 cm³/mol. The Bertz CT molecular complexity index is 1100. The SMILES string of the molecule is C=CCOc1ccc(/C=C/C(=O)NCc2ccnc(Oc3ccc(F)cc3)c2)cc1OC. The van der Waals surface area contributed by atoms with Crippen LogP contribution in [0.15, 0.2) is 79.5 Å². The molecule has 0 aliphatic heterocycles. The molecular weight excluding hydrogens is 411 g/mol. The summed E-state index contributed by atoms with van der Waals surface area (Å²) >= 11 is 0. The molecular formula is C25H23FN2O4. The standard InChI is InChI=1S/C25H23FN2O4/c1-3-14-31-22-10-4-18(15-23(22)30-2)5-11-24(29)28-17-19-12-13-27-25(16-19)32-21-8-6-20(26)7-9-21/h3-13,15-16H,1,14,17H2,2H3,(H,28,29)/b11-5+. The molecule has 0 aliphatic carbocycles. The largest absolute Gasteiger partial charge is 0.493 e. The van der Waals surface area contributed by atoms with Crippen LogP contribution in [0.5, 0.6) is 23.1 Å². The van der Waals surface area contributed by atoms with E-state index < -0.39 is 0 Å². The number of carbonyl (C=O) groups is 1. The van der Waals surface area contributed by atoms with Crippen LogP contribution in [0.3, 0.4) is 0 Å². The van der Waals surface area contributed by atoms with Crippen LogP contribution in [0.1, 0.15) is 11.1 Å². The van der Waals surface area contributed by atoms with Crippen LogP contribution in [0, 0.1) is 5.82 Å². The maximum Gasteiger partial charge on any atom is 0.244 e. The minimum absolute atomic E-state index is 0.256. The van der Waals surface area contributed by atoms with Crippen LogP contribution in [-0.4, -0.2) is 24.6 Å². The van der Waals surface area contributed by atoms with Crippen LogP contribution in [0.2, 0.25) is 0 Å². The molecule has 1 N–H and O–H groups in total. The van der Waals surface area contributed by atoms with Crippen molar-refractivity contribution in [3.05, 3.63) is 96.5 Å². The molecule has 0 radical (unpaired) electrons. The van der Waals surface area contributed by atoms with Crippen molar-refractivity contribution >= 4 is 12.0 Å². The van der Waals surface area contributed by atoms with Gasteiger partial charge in [0.2, 0.25) is 11.8 Å². The second-order valence-electron chi connectivity index (χ2n) is 6.62. The maximum absolute atomic E-state index is 13.0. The van der Waals surface area contributed by atoms with Gasteiger partial charge < -0.3 is 19.5 Å². The average Bonchev–Trinajstić information content (AvgIpc) is 2.82. The Morgan fingerprint density at radius 1 is 1.12 bits per heavy atom. The van der Waals surface area contributed by atoms with E-state index in [4.69, 9.17) is 14.2 Å². The molecule has 164 valence electrons. The predicted octanol–water partition coefficient (Wildman–Crippen LogP) is 4.92. The highest BCUT2D eigenvalue weighted by Gasteiger charge is 2.05. The van der Waals surface area contributed by atoms with Gasteiger partial charge >= 0.3 is 0 Å². The highest BCUT2D eigenvalue weighted by molar-refractivity contribution is 5.91. The second kappa shape index (κ2) is 11.3. The summed E-state index contributed by atoms with van der Waals surface area (Å²) in [5.74, 6) is 1.40. The van der Waals surface area contributed by atoms with Crippen LogP contribution in [-0.2, 0) is 11.3 Å². The summed E-state index contributed by atoms with van der Waals surface area (Å²) in [4.78, 5) is 16.3. The van der Waals surface area contributed by atoms with Gasteiger partial charge in [0.05, 0.1) is 7.11 Å². The molecule has 0 saturated carbocycles. The summed E-state index contributed by atoms with van der Waals surface area (Å²) in [6.07, 6.45) is 6.36. The first-order chi connectivity index (χ1) is 15.6. The zero-order chi connectivity index (χ0) is 22.8. The number of hydrogen-bond acceptors (Lipinski definition) is 5. The molecule has 3 aromatic rings. The number of amides is 1. The van der Waals surface area contributed by atoms with E-state index in [2.05, 4.69) is 16.9 Å². The van der Waals surface area contributed by atoms with E-state index in [9.17, 15) is 9.18 Å². The molecule has 2 aromatic carbocycles. The molecule has 1 amide bonds. The summed E-state index contributed by atoms with van der Waals surface area (Å²) in [5, 5.41) is 2.81. The van der Waals surface area contributed by atoms with E-state index in [1.165, 1.54) is 30.3 Å². The fourth-order valence-electron chi connectivity index (χ4n) is 2.72. The Labute approximate surface area is 186 Å². The van der Waals surface area contributed by atoms with Crippen molar-refractivity contribution in [3.8, 4) is 23.1 Å². The van der Waals surface area contributed by atoms with Gasteiger partial charge in [-0.25, -0.2) is 9.37 Å². The van der Waals surface area contributed by atoms with Crippen LogP contribution >= 0.6 is 0 Å². The molecule has 0 fully saturated rings. The summed E-state index contributed by atoms with van der Waals surface area (Å²) < 4.78 is 29.5. The number of nitrogens with one attached hydrogen (secondary N) is 1. The quantitative estimate of drug-likeness (QED) is 0.362. The molecule has 6 nitrogen and oxygen atoms in total. The fourth-order valence-corrected chi connectivity index (χ4v) is 2.72. The first kappa shape index (κ1) is 22.6. The number of ether oxygens (including phenoxy) is 3. The molecule has 32 heavy (non-hydrogen) atoms. The molecule has 7 heteroatoms. The van der Waals surface area contributed by atoms with Crippen molar-refractivity contribution in [1.29, 1.82) is 0 Å². The number of carbonyl (C=O) groups excluding carboxylic acids is 1. The Morgan fingerprint density at radius 2 is 1.94 bits per heavy atom. The zero-order valence-electron chi connectivity index (χ0n) is 17.6. The second-order valence-corrected chi connectivity index (χ2v) is 6.62. The van der Waals surface area contributed by atoms with Gasteiger partial charge in [-0.05, 0) is 59.7 Å². The van der Waals surface area contributed by atoms with Gasteiger partial charge in [-0.15, -0.1) is 0 Å². The van der Waals surface area contributed by atoms with Gasteiger partial charge in [0, 0.05) is 24.9 Å². The van der Waals surface area contributed by atoms with Crippen molar-refractivity contribution in [2.24, 2.45) is 0 Å². The number of halogens is 1. The van der Waals surface area contributed by atoms with Crippen molar-refractivity contribution in [2.45, 2.75) is 6.54 Å². The summed E-state index contributed by atoms with van der Waals surface area (Å²) in [5.41, 5.74) is 1.60. The Kier molecular flexibility index (Phi) is 7.97. The maximum atomic E-state index is 13.0. The van der Waals surface area contributed by atoms with Crippen LogP contribution in [0.25, 0.3) is 6.08 Å². The molecule has 3 rings (SSSR count). The highest BCUT2D eigenvalue weighted by Crippen LogP contribution is 2.28. The third-order valence-electron chi connectivity index (χ3n) is 4.27. The number of aromatic nitrogens is 1. The van der Waals surface area contributed by atoms with E-state index in [1.54, 1.807) is 49.7 Å². The lowest BCUT2D eigenvalue weighted by atomic mass is 10.2. The lowest BCUT2D eigenvalue weighted by Crippen LogP contribution is -2.20.